The summed E-state index contributed by atoms with van der Waals surface area (Å²) in [4.78, 5) is 0.103. The van der Waals surface area contributed by atoms with Crippen LogP contribution in [0.3, 0.4) is 0 Å². The van der Waals surface area contributed by atoms with Crippen LogP contribution in [0.15, 0.2) is 47.5 Å². The summed E-state index contributed by atoms with van der Waals surface area (Å²) in [5, 5.41) is 18.2. The van der Waals surface area contributed by atoms with Gasteiger partial charge in [0.05, 0.1) is 10.5 Å². The minimum atomic E-state index is -3.79. The lowest BCUT2D eigenvalue weighted by atomic mass is 9.87. The van der Waals surface area contributed by atoms with E-state index in [4.69, 9.17) is 10.0 Å². The first-order valence-electron chi connectivity index (χ1n) is 5.28. The molecule has 5 nitrogen and oxygen atoms in total. The SMILES string of the molecule is Cc1ccc(S(=O)(=O)n2cccc2B(O)O)cc1. The molecule has 94 valence electrons. The van der Waals surface area contributed by atoms with Crippen molar-refractivity contribution < 1.29 is 18.5 Å². The molecule has 0 atom stereocenters. The van der Waals surface area contributed by atoms with Crippen LogP contribution in [0.25, 0.3) is 0 Å². The molecule has 2 aromatic rings. The Hall–Kier alpha value is -1.57. The molecule has 1 heterocycles. The molecule has 0 aliphatic carbocycles. The van der Waals surface area contributed by atoms with E-state index in [1.807, 2.05) is 6.92 Å². The number of nitrogens with zero attached hydrogens (tertiary/aromatic N) is 1. The molecule has 0 spiro atoms. The summed E-state index contributed by atoms with van der Waals surface area (Å²) in [7, 11) is -5.62. The summed E-state index contributed by atoms with van der Waals surface area (Å²) < 4.78 is 25.4. The second kappa shape index (κ2) is 4.60. The molecular weight excluding hydrogens is 253 g/mol. The first-order valence-corrected chi connectivity index (χ1v) is 6.72. The number of hydrogen-bond acceptors (Lipinski definition) is 4. The van der Waals surface area contributed by atoms with E-state index in [1.54, 1.807) is 12.1 Å². The van der Waals surface area contributed by atoms with E-state index in [2.05, 4.69) is 0 Å². The fourth-order valence-electron chi connectivity index (χ4n) is 1.62. The summed E-state index contributed by atoms with van der Waals surface area (Å²) in [5.74, 6) is 0. The Bertz CT molecular complexity index is 646. The zero-order chi connectivity index (χ0) is 13.3. The molecule has 2 rings (SSSR count). The second-order valence-electron chi connectivity index (χ2n) is 3.92. The predicted octanol–water partition coefficient (Wildman–Crippen LogP) is -0.287. The van der Waals surface area contributed by atoms with E-state index < -0.39 is 17.1 Å². The molecule has 0 amide bonds. The van der Waals surface area contributed by atoms with Crippen LogP contribution < -0.4 is 5.59 Å². The minimum Gasteiger partial charge on any atom is -0.422 e. The molecule has 7 heteroatoms. The van der Waals surface area contributed by atoms with Crippen LogP contribution in [-0.4, -0.2) is 29.6 Å². The van der Waals surface area contributed by atoms with Gasteiger partial charge in [-0.25, -0.2) is 12.4 Å². The molecule has 0 bridgehead atoms. The van der Waals surface area contributed by atoms with Crippen molar-refractivity contribution >= 4 is 22.7 Å². The highest BCUT2D eigenvalue weighted by Crippen LogP contribution is 2.13. The molecule has 0 aliphatic heterocycles. The van der Waals surface area contributed by atoms with Crippen LogP contribution in [0.4, 0.5) is 0 Å². The molecular formula is C11H12BNO4S. The third kappa shape index (κ3) is 2.20. The van der Waals surface area contributed by atoms with Gasteiger partial charge in [-0.15, -0.1) is 0 Å². The third-order valence-electron chi connectivity index (χ3n) is 2.59. The van der Waals surface area contributed by atoms with Gasteiger partial charge in [-0.05, 0) is 31.2 Å². The molecule has 0 fully saturated rings. The lowest BCUT2D eigenvalue weighted by molar-refractivity contribution is 0.423. The van der Waals surface area contributed by atoms with Crippen LogP contribution in [0, 0.1) is 6.92 Å². The van der Waals surface area contributed by atoms with Gasteiger partial charge < -0.3 is 10.0 Å². The van der Waals surface area contributed by atoms with E-state index in [1.165, 1.54) is 30.5 Å². The minimum absolute atomic E-state index is 0.0874. The molecule has 18 heavy (non-hydrogen) atoms. The van der Waals surface area contributed by atoms with Gasteiger partial charge >= 0.3 is 7.12 Å². The Morgan fingerprint density at radius 2 is 1.72 bits per heavy atom. The predicted molar refractivity (Wildman–Crippen MR) is 68.0 cm³/mol. The molecule has 1 aromatic carbocycles. The number of aromatic nitrogens is 1. The monoisotopic (exact) mass is 265 g/mol. The number of hydrogen-bond donors (Lipinski definition) is 2. The van der Waals surface area contributed by atoms with Crippen LogP contribution >= 0.6 is 0 Å². The van der Waals surface area contributed by atoms with Crippen molar-refractivity contribution in [2.75, 3.05) is 0 Å². The Labute approximate surface area is 106 Å². The standard InChI is InChI=1S/C11H12BNO4S/c1-9-4-6-10(7-5-9)18(16,17)13-8-2-3-11(13)12(14)15/h2-8,14-15H,1H3. The van der Waals surface area contributed by atoms with Crippen LogP contribution in [0.2, 0.25) is 0 Å². The summed E-state index contributed by atoms with van der Waals surface area (Å²) in [6, 6.07) is 9.13. The topological polar surface area (TPSA) is 79.5 Å². The van der Waals surface area contributed by atoms with E-state index in [0.717, 1.165) is 9.54 Å². The average Bonchev–Trinajstić information content (AvgIpc) is 2.79. The quantitative estimate of drug-likeness (QED) is 0.747. The molecule has 0 unspecified atom stereocenters. The zero-order valence-electron chi connectivity index (χ0n) is 9.69. The number of rotatable bonds is 3. The Morgan fingerprint density at radius 3 is 2.28 bits per heavy atom. The highest BCUT2D eigenvalue weighted by molar-refractivity contribution is 7.90. The van der Waals surface area contributed by atoms with E-state index >= 15 is 0 Å². The molecule has 1 aromatic heterocycles. The van der Waals surface area contributed by atoms with Gasteiger partial charge in [0.15, 0.2) is 0 Å². The van der Waals surface area contributed by atoms with Gasteiger partial charge in [0, 0.05) is 6.20 Å². The van der Waals surface area contributed by atoms with Crippen molar-refractivity contribution in [3.63, 3.8) is 0 Å². The maximum Gasteiger partial charge on any atom is 0.507 e. The fraction of sp³-hybridized carbons (Fsp3) is 0.0909. The van der Waals surface area contributed by atoms with Crippen molar-refractivity contribution in [1.29, 1.82) is 0 Å². The summed E-state index contributed by atoms with van der Waals surface area (Å²) in [5.41, 5.74) is 0.861. The molecule has 0 aliphatic rings. The first kappa shape index (κ1) is 12.9. The van der Waals surface area contributed by atoms with Crippen molar-refractivity contribution in [2.24, 2.45) is 0 Å². The van der Waals surface area contributed by atoms with Crippen molar-refractivity contribution in [3.05, 3.63) is 48.2 Å². The number of benzene rings is 1. The third-order valence-corrected chi connectivity index (χ3v) is 4.30. The fourth-order valence-corrected chi connectivity index (χ4v) is 2.99. The Kier molecular flexibility index (Phi) is 3.29. The van der Waals surface area contributed by atoms with Crippen LogP contribution in [-0.2, 0) is 10.0 Å². The second-order valence-corrected chi connectivity index (χ2v) is 5.74. The lowest BCUT2D eigenvalue weighted by Gasteiger charge is -2.10. The highest BCUT2D eigenvalue weighted by Gasteiger charge is 2.24. The smallest absolute Gasteiger partial charge is 0.422 e. The lowest BCUT2D eigenvalue weighted by Crippen LogP contribution is -2.38. The molecule has 0 radical (unpaired) electrons. The van der Waals surface area contributed by atoms with Gasteiger partial charge in [-0.3, -0.25) is 0 Å². The van der Waals surface area contributed by atoms with Crippen molar-refractivity contribution in [2.45, 2.75) is 11.8 Å². The highest BCUT2D eigenvalue weighted by atomic mass is 32.2. The van der Waals surface area contributed by atoms with Gasteiger partial charge in [-0.1, -0.05) is 17.7 Å². The Morgan fingerprint density at radius 1 is 1.11 bits per heavy atom. The molecule has 2 N–H and O–H groups in total. The normalized spacial score (nSPS) is 11.5. The summed E-state index contributed by atoms with van der Waals surface area (Å²) >= 11 is 0. The maximum atomic E-state index is 12.3. The summed E-state index contributed by atoms with van der Waals surface area (Å²) in [6.07, 6.45) is 1.28. The van der Waals surface area contributed by atoms with Crippen LogP contribution in [0.1, 0.15) is 5.56 Å². The van der Waals surface area contributed by atoms with Gasteiger partial charge in [0.1, 0.15) is 0 Å². The summed E-state index contributed by atoms with van der Waals surface area (Å²) in [6.45, 7) is 1.86. The first-order chi connectivity index (χ1) is 8.43. The van der Waals surface area contributed by atoms with Crippen molar-refractivity contribution in [3.8, 4) is 0 Å². The zero-order valence-corrected chi connectivity index (χ0v) is 10.5. The van der Waals surface area contributed by atoms with Gasteiger partial charge in [0.25, 0.3) is 10.0 Å². The van der Waals surface area contributed by atoms with Crippen LogP contribution in [0.5, 0.6) is 0 Å². The Balaban J connectivity index is 2.55. The van der Waals surface area contributed by atoms with E-state index in [-0.39, 0.29) is 10.5 Å². The van der Waals surface area contributed by atoms with Crippen molar-refractivity contribution in [1.82, 2.24) is 3.97 Å². The van der Waals surface area contributed by atoms with Gasteiger partial charge in [-0.2, -0.15) is 0 Å². The van der Waals surface area contributed by atoms with Gasteiger partial charge in [0.2, 0.25) is 0 Å². The largest absolute Gasteiger partial charge is 0.507 e. The van der Waals surface area contributed by atoms with E-state index in [0.29, 0.717) is 0 Å². The van der Waals surface area contributed by atoms with E-state index in [9.17, 15) is 8.42 Å². The number of aryl methyl sites for hydroxylation is 1. The molecule has 0 saturated heterocycles. The maximum absolute atomic E-state index is 12.3. The average molecular weight is 265 g/mol. The molecule has 0 saturated carbocycles.